The van der Waals surface area contributed by atoms with Gasteiger partial charge in [0.15, 0.2) is 5.96 Å². The van der Waals surface area contributed by atoms with Crippen LogP contribution in [0, 0.1) is 5.92 Å². The Morgan fingerprint density at radius 3 is 2.44 bits per heavy atom. The molecule has 16 heavy (non-hydrogen) atoms. The Kier molecular flexibility index (Phi) is 9.00. The van der Waals surface area contributed by atoms with Crippen LogP contribution in [0.15, 0.2) is 4.99 Å². The van der Waals surface area contributed by atoms with Gasteiger partial charge in [-0.1, -0.05) is 27.7 Å². The molecule has 0 bridgehead atoms. The fourth-order valence-corrected chi connectivity index (χ4v) is 1.38. The third kappa shape index (κ3) is 8.53. The maximum Gasteiger partial charge on any atom is 0.188 e. The van der Waals surface area contributed by atoms with Crippen LogP contribution in [-0.4, -0.2) is 43.6 Å². The predicted molar refractivity (Wildman–Crippen MR) is 71.7 cm³/mol. The van der Waals surface area contributed by atoms with Gasteiger partial charge in [-0.15, -0.1) is 0 Å². The molecule has 3 N–H and O–H groups in total. The molecule has 0 aromatic carbocycles. The van der Waals surface area contributed by atoms with Gasteiger partial charge < -0.3 is 16.0 Å². The average Bonchev–Trinajstić information content (AvgIpc) is 2.24. The van der Waals surface area contributed by atoms with Crippen molar-refractivity contribution in [1.29, 1.82) is 0 Å². The topological polar surface area (TPSA) is 53.6 Å². The minimum Gasteiger partial charge on any atom is -0.370 e. The molecule has 0 saturated heterocycles. The van der Waals surface area contributed by atoms with Crippen LogP contribution in [0.1, 0.15) is 34.1 Å². The Morgan fingerprint density at radius 1 is 1.31 bits per heavy atom. The number of guanidine groups is 1. The molecule has 0 aromatic heterocycles. The number of aliphatic imine (C=N–C) groups is 1. The molecule has 0 rings (SSSR count). The molecule has 0 aliphatic carbocycles. The highest BCUT2D eigenvalue weighted by Gasteiger charge is 1.98. The van der Waals surface area contributed by atoms with E-state index in [-0.39, 0.29) is 0 Å². The van der Waals surface area contributed by atoms with E-state index in [1.807, 2.05) is 0 Å². The number of nitrogens with two attached hydrogens (primary N) is 1. The van der Waals surface area contributed by atoms with Crippen molar-refractivity contribution in [2.75, 3.05) is 32.7 Å². The summed E-state index contributed by atoms with van der Waals surface area (Å²) in [6.45, 7) is 13.6. The Labute approximate surface area is 100 Å². The van der Waals surface area contributed by atoms with Gasteiger partial charge in [-0.25, -0.2) is 0 Å². The van der Waals surface area contributed by atoms with Crippen LogP contribution in [0.2, 0.25) is 0 Å². The zero-order chi connectivity index (χ0) is 12.4. The van der Waals surface area contributed by atoms with Crippen molar-refractivity contribution >= 4 is 5.96 Å². The smallest absolute Gasteiger partial charge is 0.188 e. The summed E-state index contributed by atoms with van der Waals surface area (Å²) in [6.07, 6.45) is 1.10. The van der Waals surface area contributed by atoms with Crippen molar-refractivity contribution in [3.63, 3.8) is 0 Å². The van der Waals surface area contributed by atoms with E-state index in [0.29, 0.717) is 11.9 Å². The summed E-state index contributed by atoms with van der Waals surface area (Å²) in [5.74, 6) is 1.26. The van der Waals surface area contributed by atoms with Gasteiger partial charge in [0.05, 0.1) is 0 Å². The van der Waals surface area contributed by atoms with E-state index in [4.69, 9.17) is 5.73 Å². The van der Waals surface area contributed by atoms with Crippen molar-refractivity contribution in [3.05, 3.63) is 0 Å². The maximum absolute atomic E-state index is 5.75. The first-order valence-electron chi connectivity index (χ1n) is 6.36. The van der Waals surface area contributed by atoms with Gasteiger partial charge in [0.1, 0.15) is 0 Å². The molecule has 96 valence electrons. The van der Waals surface area contributed by atoms with E-state index in [1.165, 1.54) is 0 Å². The number of nitrogens with zero attached hydrogens (tertiary/aromatic N) is 2. The molecule has 4 heteroatoms. The second-order valence-electron chi connectivity index (χ2n) is 4.40. The van der Waals surface area contributed by atoms with Gasteiger partial charge in [0.25, 0.3) is 0 Å². The fraction of sp³-hybridized carbons (Fsp3) is 0.917. The quantitative estimate of drug-likeness (QED) is 0.486. The van der Waals surface area contributed by atoms with Crippen LogP contribution in [0.3, 0.4) is 0 Å². The fourth-order valence-electron chi connectivity index (χ4n) is 1.38. The summed E-state index contributed by atoms with van der Waals surface area (Å²) in [6, 6.07) is 0. The second kappa shape index (κ2) is 9.46. The van der Waals surface area contributed by atoms with Crippen molar-refractivity contribution in [1.82, 2.24) is 10.2 Å². The van der Waals surface area contributed by atoms with E-state index in [1.54, 1.807) is 0 Å². The highest BCUT2D eigenvalue weighted by molar-refractivity contribution is 5.77. The molecular weight excluding hydrogens is 200 g/mol. The molecule has 0 aliphatic rings. The molecule has 0 radical (unpaired) electrons. The molecular formula is C12H28N4. The molecule has 0 heterocycles. The highest BCUT2D eigenvalue weighted by Crippen LogP contribution is 1.97. The SMILES string of the molecule is CCN(CC)CCNC(N)=NCCC(C)C. The number of nitrogens with one attached hydrogen (secondary N) is 1. The van der Waals surface area contributed by atoms with Gasteiger partial charge in [-0.2, -0.15) is 0 Å². The van der Waals surface area contributed by atoms with Gasteiger partial charge in [0, 0.05) is 19.6 Å². The molecule has 0 fully saturated rings. The summed E-state index contributed by atoms with van der Waals surface area (Å²) in [5.41, 5.74) is 5.75. The van der Waals surface area contributed by atoms with Crippen molar-refractivity contribution in [2.45, 2.75) is 34.1 Å². The largest absolute Gasteiger partial charge is 0.370 e. The third-order valence-electron chi connectivity index (χ3n) is 2.62. The van der Waals surface area contributed by atoms with Crippen molar-refractivity contribution in [2.24, 2.45) is 16.6 Å². The van der Waals surface area contributed by atoms with Crippen molar-refractivity contribution < 1.29 is 0 Å². The second-order valence-corrected chi connectivity index (χ2v) is 4.40. The number of rotatable bonds is 8. The van der Waals surface area contributed by atoms with Gasteiger partial charge >= 0.3 is 0 Å². The predicted octanol–water partition coefficient (Wildman–Crippen LogP) is 1.28. The first-order valence-corrected chi connectivity index (χ1v) is 6.36. The minimum atomic E-state index is 0.577. The molecule has 0 saturated carbocycles. The number of likely N-dealkylation sites (N-methyl/N-ethyl adjacent to an activating group) is 1. The first kappa shape index (κ1) is 15.2. The van der Waals surface area contributed by atoms with Crippen LogP contribution in [0.4, 0.5) is 0 Å². The molecule has 0 unspecified atom stereocenters. The normalized spacial score (nSPS) is 12.5. The summed E-state index contributed by atoms with van der Waals surface area (Å²) in [5, 5.41) is 3.14. The summed E-state index contributed by atoms with van der Waals surface area (Å²) >= 11 is 0. The third-order valence-corrected chi connectivity index (χ3v) is 2.62. The van der Waals surface area contributed by atoms with E-state index in [9.17, 15) is 0 Å². The maximum atomic E-state index is 5.75. The minimum absolute atomic E-state index is 0.577. The van der Waals surface area contributed by atoms with Gasteiger partial charge in [0.2, 0.25) is 0 Å². The molecule has 0 aromatic rings. The van der Waals surface area contributed by atoms with E-state index >= 15 is 0 Å². The monoisotopic (exact) mass is 228 g/mol. The van der Waals surface area contributed by atoms with Crippen LogP contribution in [0.5, 0.6) is 0 Å². The lowest BCUT2D eigenvalue weighted by molar-refractivity contribution is 0.308. The van der Waals surface area contributed by atoms with Crippen LogP contribution >= 0.6 is 0 Å². The summed E-state index contributed by atoms with van der Waals surface area (Å²) < 4.78 is 0. The van der Waals surface area contributed by atoms with Gasteiger partial charge in [-0.3, -0.25) is 4.99 Å². The van der Waals surface area contributed by atoms with Crippen molar-refractivity contribution in [3.8, 4) is 0 Å². The lowest BCUT2D eigenvalue weighted by Gasteiger charge is -2.18. The Hall–Kier alpha value is -0.770. The Morgan fingerprint density at radius 2 is 1.94 bits per heavy atom. The summed E-state index contributed by atoms with van der Waals surface area (Å²) in [7, 11) is 0. The lowest BCUT2D eigenvalue weighted by atomic mass is 10.1. The number of hydrogen-bond acceptors (Lipinski definition) is 2. The zero-order valence-corrected chi connectivity index (χ0v) is 11.3. The lowest BCUT2D eigenvalue weighted by Crippen LogP contribution is -2.38. The first-order chi connectivity index (χ1) is 7.60. The van der Waals surface area contributed by atoms with Crippen LogP contribution < -0.4 is 11.1 Å². The van der Waals surface area contributed by atoms with E-state index in [2.05, 4.69) is 42.9 Å². The van der Waals surface area contributed by atoms with Gasteiger partial charge in [-0.05, 0) is 25.4 Å². The molecule has 0 aliphatic heterocycles. The van der Waals surface area contributed by atoms with Crippen LogP contribution in [0.25, 0.3) is 0 Å². The Balaban J connectivity index is 3.59. The standard InChI is InChI=1S/C12H28N4/c1-5-16(6-2)10-9-15-12(13)14-8-7-11(3)4/h11H,5-10H2,1-4H3,(H3,13,14,15). The molecule has 4 nitrogen and oxygen atoms in total. The zero-order valence-electron chi connectivity index (χ0n) is 11.3. The molecule has 0 atom stereocenters. The van der Waals surface area contributed by atoms with Crippen LogP contribution in [-0.2, 0) is 0 Å². The highest BCUT2D eigenvalue weighted by atomic mass is 15.2. The molecule has 0 amide bonds. The molecule has 0 spiro atoms. The Bertz CT molecular complexity index is 185. The average molecular weight is 228 g/mol. The van der Waals surface area contributed by atoms with E-state index in [0.717, 1.165) is 39.1 Å². The van der Waals surface area contributed by atoms with E-state index < -0.39 is 0 Å². The number of hydrogen-bond donors (Lipinski definition) is 2. The summed E-state index contributed by atoms with van der Waals surface area (Å²) in [4.78, 5) is 6.63.